The van der Waals surface area contributed by atoms with Gasteiger partial charge in [0.05, 0.1) is 11.5 Å². The SMILES string of the molecule is Cc1cc(C(=O)N(C)C2CCS(=O)(=O)C2)oc1C. The van der Waals surface area contributed by atoms with Crippen LogP contribution in [0, 0.1) is 13.8 Å². The first kappa shape index (κ1) is 13.1. The normalized spacial score (nSPS) is 22.1. The van der Waals surface area contributed by atoms with Crippen molar-refractivity contribution < 1.29 is 17.6 Å². The first-order valence-corrected chi connectivity index (χ1v) is 7.67. The molecule has 0 radical (unpaired) electrons. The van der Waals surface area contributed by atoms with Crippen LogP contribution >= 0.6 is 0 Å². The summed E-state index contributed by atoms with van der Waals surface area (Å²) in [5.74, 6) is 0.940. The van der Waals surface area contributed by atoms with Crippen LogP contribution < -0.4 is 0 Å². The van der Waals surface area contributed by atoms with E-state index in [4.69, 9.17) is 4.42 Å². The number of carbonyl (C=O) groups is 1. The highest BCUT2D eigenvalue weighted by molar-refractivity contribution is 7.91. The second kappa shape index (κ2) is 4.42. The maximum atomic E-state index is 12.1. The van der Waals surface area contributed by atoms with Crippen LogP contribution in [-0.4, -0.2) is 43.8 Å². The monoisotopic (exact) mass is 271 g/mol. The Morgan fingerprint density at radius 3 is 2.56 bits per heavy atom. The summed E-state index contributed by atoms with van der Waals surface area (Å²) in [6, 6.07) is 1.45. The van der Waals surface area contributed by atoms with E-state index in [1.807, 2.05) is 6.92 Å². The molecule has 1 saturated heterocycles. The number of furan rings is 1. The van der Waals surface area contributed by atoms with Crippen molar-refractivity contribution in [3.63, 3.8) is 0 Å². The fourth-order valence-corrected chi connectivity index (χ4v) is 3.87. The fraction of sp³-hybridized carbons (Fsp3) is 0.583. The average Bonchev–Trinajstić information content (AvgIpc) is 2.81. The minimum atomic E-state index is -2.98. The molecule has 2 heterocycles. The predicted octanol–water partition coefficient (Wildman–Crippen LogP) is 1.16. The molecule has 1 atom stereocenters. The number of rotatable bonds is 2. The molecular weight excluding hydrogens is 254 g/mol. The molecule has 18 heavy (non-hydrogen) atoms. The first-order valence-electron chi connectivity index (χ1n) is 5.85. The molecule has 0 saturated carbocycles. The lowest BCUT2D eigenvalue weighted by atomic mass is 10.2. The maximum Gasteiger partial charge on any atom is 0.289 e. The van der Waals surface area contributed by atoms with Gasteiger partial charge in [-0.2, -0.15) is 0 Å². The van der Waals surface area contributed by atoms with E-state index in [0.29, 0.717) is 12.2 Å². The van der Waals surface area contributed by atoms with Gasteiger partial charge in [-0.05, 0) is 31.9 Å². The minimum Gasteiger partial charge on any atom is -0.456 e. The maximum absolute atomic E-state index is 12.1. The van der Waals surface area contributed by atoms with Gasteiger partial charge in [0, 0.05) is 13.1 Å². The van der Waals surface area contributed by atoms with Gasteiger partial charge in [0.25, 0.3) is 5.91 Å². The molecule has 100 valence electrons. The largest absolute Gasteiger partial charge is 0.456 e. The smallest absolute Gasteiger partial charge is 0.289 e. The molecule has 1 aromatic rings. The third-order valence-electron chi connectivity index (χ3n) is 3.45. The Morgan fingerprint density at radius 2 is 2.11 bits per heavy atom. The van der Waals surface area contributed by atoms with E-state index in [9.17, 15) is 13.2 Å². The molecule has 1 unspecified atom stereocenters. The summed E-state index contributed by atoms with van der Waals surface area (Å²) in [6.07, 6.45) is 0.503. The van der Waals surface area contributed by atoms with E-state index in [1.165, 1.54) is 4.90 Å². The molecule has 1 aromatic heterocycles. The zero-order chi connectivity index (χ0) is 13.5. The molecule has 0 bridgehead atoms. The van der Waals surface area contributed by atoms with Gasteiger partial charge < -0.3 is 9.32 Å². The molecular formula is C12H17NO4S. The van der Waals surface area contributed by atoms with Crippen molar-refractivity contribution in [2.45, 2.75) is 26.3 Å². The number of sulfone groups is 1. The highest BCUT2D eigenvalue weighted by Crippen LogP contribution is 2.20. The first-order chi connectivity index (χ1) is 8.30. The summed E-state index contributed by atoms with van der Waals surface area (Å²) in [5, 5.41) is 0. The van der Waals surface area contributed by atoms with E-state index in [1.54, 1.807) is 20.0 Å². The predicted molar refractivity (Wildman–Crippen MR) is 67.3 cm³/mol. The summed E-state index contributed by atoms with van der Waals surface area (Å²) < 4.78 is 28.2. The zero-order valence-electron chi connectivity index (χ0n) is 10.8. The number of hydrogen-bond donors (Lipinski definition) is 0. The van der Waals surface area contributed by atoms with Crippen molar-refractivity contribution in [1.29, 1.82) is 0 Å². The number of nitrogens with zero attached hydrogens (tertiary/aromatic N) is 1. The van der Waals surface area contributed by atoms with Gasteiger partial charge in [-0.3, -0.25) is 4.79 Å². The third kappa shape index (κ3) is 2.43. The summed E-state index contributed by atoms with van der Waals surface area (Å²) in [6.45, 7) is 3.67. The third-order valence-corrected chi connectivity index (χ3v) is 5.20. The quantitative estimate of drug-likeness (QED) is 0.809. The molecule has 1 fully saturated rings. The lowest BCUT2D eigenvalue weighted by Gasteiger charge is -2.22. The Hall–Kier alpha value is -1.30. The Balaban J connectivity index is 2.15. The van der Waals surface area contributed by atoms with Crippen LogP contribution in [0.3, 0.4) is 0 Å². The van der Waals surface area contributed by atoms with Crippen molar-refractivity contribution >= 4 is 15.7 Å². The van der Waals surface area contributed by atoms with Gasteiger partial charge in [-0.15, -0.1) is 0 Å². The molecule has 6 heteroatoms. The van der Waals surface area contributed by atoms with E-state index >= 15 is 0 Å². The van der Waals surface area contributed by atoms with Crippen molar-refractivity contribution in [2.24, 2.45) is 0 Å². The Morgan fingerprint density at radius 1 is 1.44 bits per heavy atom. The number of aryl methyl sites for hydroxylation is 2. The molecule has 0 aromatic carbocycles. The minimum absolute atomic E-state index is 0.0495. The van der Waals surface area contributed by atoms with Crippen LogP contribution in [0.2, 0.25) is 0 Å². The zero-order valence-corrected chi connectivity index (χ0v) is 11.6. The van der Waals surface area contributed by atoms with Crippen LogP contribution in [0.5, 0.6) is 0 Å². The molecule has 2 rings (SSSR count). The second-order valence-electron chi connectivity index (χ2n) is 4.82. The topological polar surface area (TPSA) is 67.6 Å². The molecule has 0 spiro atoms. The van der Waals surface area contributed by atoms with Crippen LogP contribution in [0.1, 0.15) is 28.3 Å². The Labute approximate surface area is 107 Å². The van der Waals surface area contributed by atoms with Crippen LogP contribution in [-0.2, 0) is 9.84 Å². The number of hydrogen-bond acceptors (Lipinski definition) is 4. The summed E-state index contributed by atoms with van der Waals surface area (Å²) in [4.78, 5) is 13.6. The number of amides is 1. The highest BCUT2D eigenvalue weighted by Gasteiger charge is 2.33. The van der Waals surface area contributed by atoms with Gasteiger partial charge in [0.2, 0.25) is 0 Å². The van der Waals surface area contributed by atoms with Crippen molar-refractivity contribution in [3.8, 4) is 0 Å². The standard InChI is InChI=1S/C12H17NO4S/c1-8-6-11(17-9(8)2)12(14)13(3)10-4-5-18(15,16)7-10/h6,10H,4-5,7H2,1-3H3. The van der Waals surface area contributed by atoms with Gasteiger partial charge >= 0.3 is 0 Å². The van der Waals surface area contributed by atoms with E-state index in [-0.39, 0.29) is 29.2 Å². The number of carbonyl (C=O) groups excluding carboxylic acids is 1. The molecule has 0 N–H and O–H groups in total. The van der Waals surface area contributed by atoms with Gasteiger partial charge in [0.15, 0.2) is 15.6 Å². The summed E-state index contributed by atoms with van der Waals surface area (Å²) in [5.41, 5.74) is 0.922. The summed E-state index contributed by atoms with van der Waals surface area (Å²) in [7, 11) is -1.36. The Bertz CT molecular complexity index is 553. The van der Waals surface area contributed by atoms with Gasteiger partial charge in [-0.25, -0.2) is 8.42 Å². The second-order valence-corrected chi connectivity index (χ2v) is 7.05. The van der Waals surface area contributed by atoms with E-state index in [0.717, 1.165) is 5.56 Å². The van der Waals surface area contributed by atoms with Crippen molar-refractivity contribution in [2.75, 3.05) is 18.6 Å². The van der Waals surface area contributed by atoms with Gasteiger partial charge in [-0.1, -0.05) is 0 Å². The van der Waals surface area contributed by atoms with E-state index in [2.05, 4.69) is 0 Å². The fourth-order valence-electron chi connectivity index (χ4n) is 2.10. The Kier molecular flexibility index (Phi) is 3.23. The van der Waals surface area contributed by atoms with Crippen LogP contribution in [0.15, 0.2) is 10.5 Å². The lowest BCUT2D eigenvalue weighted by molar-refractivity contribution is 0.0714. The van der Waals surface area contributed by atoms with Crippen molar-refractivity contribution in [1.82, 2.24) is 4.90 Å². The molecule has 5 nitrogen and oxygen atoms in total. The van der Waals surface area contributed by atoms with Crippen molar-refractivity contribution in [3.05, 3.63) is 23.2 Å². The van der Waals surface area contributed by atoms with Crippen LogP contribution in [0.25, 0.3) is 0 Å². The van der Waals surface area contributed by atoms with E-state index < -0.39 is 9.84 Å². The molecule has 0 aliphatic carbocycles. The lowest BCUT2D eigenvalue weighted by Crippen LogP contribution is -2.37. The van der Waals surface area contributed by atoms with Gasteiger partial charge in [0.1, 0.15) is 5.76 Å². The molecule has 1 aliphatic heterocycles. The van der Waals surface area contributed by atoms with Crippen LogP contribution in [0.4, 0.5) is 0 Å². The summed E-state index contributed by atoms with van der Waals surface area (Å²) >= 11 is 0. The molecule has 1 aliphatic rings. The average molecular weight is 271 g/mol. The highest BCUT2D eigenvalue weighted by atomic mass is 32.2. The molecule has 1 amide bonds.